The predicted octanol–water partition coefficient (Wildman–Crippen LogP) is 2.07. The molecule has 2 fully saturated rings. The van der Waals surface area contributed by atoms with Crippen LogP contribution in [-0.4, -0.2) is 74.1 Å². The maximum Gasteiger partial charge on any atom is 0.319 e. The van der Waals surface area contributed by atoms with Crippen LogP contribution in [0.2, 0.25) is 0 Å². The van der Waals surface area contributed by atoms with Crippen LogP contribution in [0, 0.1) is 12.8 Å². The molecule has 0 aliphatic carbocycles. The predicted molar refractivity (Wildman–Crippen MR) is 119 cm³/mol. The highest BCUT2D eigenvalue weighted by Crippen LogP contribution is 2.16. The van der Waals surface area contributed by atoms with Gasteiger partial charge in [-0.3, -0.25) is 4.79 Å². The fraction of sp³-hybridized carbons (Fsp3) is 0.619. The molecule has 8 heteroatoms. The van der Waals surface area contributed by atoms with Gasteiger partial charge < -0.3 is 25.8 Å². The highest BCUT2D eigenvalue weighted by atomic mass is 35.5. The Morgan fingerprint density at radius 1 is 1.14 bits per heavy atom. The Morgan fingerprint density at radius 2 is 1.86 bits per heavy atom. The van der Waals surface area contributed by atoms with E-state index in [0.29, 0.717) is 18.9 Å². The third-order valence-electron chi connectivity index (χ3n) is 5.58. The lowest BCUT2D eigenvalue weighted by molar-refractivity contribution is -0.132. The summed E-state index contributed by atoms with van der Waals surface area (Å²) in [6, 6.07) is 7.63. The topological polar surface area (TPSA) is 76.7 Å². The first-order valence-corrected chi connectivity index (χ1v) is 10.4. The number of carbonyl (C=O) groups excluding carboxylic acids is 2. The number of piperazine rings is 1. The third-order valence-corrected chi connectivity index (χ3v) is 5.58. The second-order valence-electron chi connectivity index (χ2n) is 7.89. The number of hydrogen-bond donors (Lipinski definition) is 3. The van der Waals surface area contributed by atoms with Gasteiger partial charge in [0, 0.05) is 57.9 Å². The zero-order valence-electron chi connectivity index (χ0n) is 17.3. The van der Waals surface area contributed by atoms with E-state index in [1.54, 1.807) is 0 Å². The van der Waals surface area contributed by atoms with Crippen molar-refractivity contribution in [2.75, 3.05) is 57.7 Å². The molecule has 29 heavy (non-hydrogen) atoms. The van der Waals surface area contributed by atoms with Crippen molar-refractivity contribution in [1.29, 1.82) is 0 Å². The van der Waals surface area contributed by atoms with Crippen molar-refractivity contribution in [3.8, 4) is 0 Å². The molecule has 7 nitrogen and oxygen atoms in total. The number of amides is 3. The minimum atomic E-state index is -0.158. The van der Waals surface area contributed by atoms with Gasteiger partial charge in [-0.15, -0.1) is 12.4 Å². The minimum Gasteiger partial charge on any atom is -0.340 e. The van der Waals surface area contributed by atoms with Crippen molar-refractivity contribution in [2.24, 2.45) is 5.92 Å². The third kappa shape index (κ3) is 7.84. The van der Waals surface area contributed by atoms with Gasteiger partial charge in [0.2, 0.25) is 5.91 Å². The maximum atomic E-state index is 12.3. The van der Waals surface area contributed by atoms with Gasteiger partial charge in [0.15, 0.2) is 0 Å². The monoisotopic (exact) mass is 423 g/mol. The highest BCUT2D eigenvalue weighted by molar-refractivity contribution is 5.89. The molecule has 3 amide bonds. The lowest BCUT2D eigenvalue weighted by atomic mass is 9.98. The van der Waals surface area contributed by atoms with Gasteiger partial charge in [-0.05, 0) is 44.4 Å². The van der Waals surface area contributed by atoms with Crippen molar-refractivity contribution < 1.29 is 9.59 Å². The maximum absolute atomic E-state index is 12.3. The van der Waals surface area contributed by atoms with E-state index in [4.69, 9.17) is 0 Å². The summed E-state index contributed by atoms with van der Waals surface area (Å²) in [5, 5.41) is 9.15. The number of rotatable bonds is 6. The van der Waals surface area contributed by atoms with Crippen molar-refractivity contribution in [1.82, 2.24) is 20.4 Å². The summed E-state index contributed by atoms with van der Waals surface area (Å²) in [4.78, 5) is 28.8. The van der Waals surface area contributed by atoms with Crippen LogP contribution in [0.3, 0.4) is 0 Å². The molecule has 2 aliphatic heterocycles. The molecule has 0 aromatic heterocycles. The van der Waals surface area contributed by atoms with E-state index in [1.807, 2.05) is 36.1 Å². The Bertz CT molecular complexity index is 649. The molecule has 2 aliphatic rings. The summed E-state index contributed by atoms with van der Waals surface area (Å²) in [5.74, 6) is 0.700. The van der Waals surface area contributed by atoms with Gasteiger partial charge >= 0.3 is 6.03 Å². The molecule has 162 valence electrons. The molecule has 3 N–H and O–H groups in total. The molecular formula is C21H34ClN5O2. The summed E-state index contributed by atoms with van der Waals surface area (Å²) in [6.07, 6.45) is 2.83. The number of anilines is 1. The number of aryl methyl sites for hydroxylation is 1. The Balaban J connectivity index is 0.00000300. The van der Waals surface area contributed by atoms with Crippen molar-refractivity contribution >= 4 is 30.0 Å². The zero-order valence-corrected chi connectivity index (χ0v) is 18.1. The van der Waals surface area contributed by atoms with E-state index in [0.717, 1.165) is 64.3 Å². The van der Waals surface area contributed by atoms with Crippen molar-refractivity contribution in [2.45, 2.75) is 26.2 Å². The molecule has 0 saturated carbocycles. The fourth-order valence-corrected chi connectivity index (χ4v) is 3.90. The molecule has 1 aromatic carbocycles. The van der Waals surface area contributed by atoms with E-state index < -0.39 is 0 Å². The summed E-state index contributed by atoms with van der Waals surface area (Å²) >= 11 is 0. The average Bonchev–Trinajstić information content (AvgIpc) is 2.73. The van der Waals surface area contributed by atoms with Gasteiger partial charge in [-0.1, -0.05) is 17.7 Å². The number of nitrogens with one attached hydrogen (secondary N) is 3. The first kappa shape index (κ1) is 23.4. The van der Waals surface area contributed by atoms with Crippen LogP contribution in [0.4, 0.5) is 10.5 Å². The second-order valence-corrected chi connectivity index (χ2v) is 7.89. The number of nitrogens with zero attached hydrogens (tertiary/aromatic N) is 2. The number of halogens is 1. The molecule has 0 spiro atoms. The Kier molecular flexibility index (Phi) is 9.70. The van der Waals surface area contributed by atoms with Gasteiger partial charge in [0.1, 0.15) is 0 Å². The van der Waals surface area contributed by atoms with Crippen LogP contribution in [0.15, 0.2) is 24.3 Å². The quantitative estimate of drug-likeness (QED) is 0.654. The molecule has 1 aromatic rings. The van der Waals surface area contributed by atoms with E-state index in [2.05, 4.69) is 20.9 Å². The van der Waals surface area contributed by atoms with Crippen LogP contribution in [-0.2, 0) is 4.79 Å². The average molecular weight is 424 g/mol. The Labute approximate surface area is 180 Å². The van der Waals surface area contributed by atoms with E-state index in [9.17, 15) is 9.59 Å². The lowest BCUT2D eigenvalue weighted by Crippen LogP contribution is -2.47. The van der Waals surface area contributed by atoms with Crippen LogP contribution < -0.4 is 16.0 Å². The van der Waals surface area contributed by atoms with Gasteiger partial charge in [0.05, 0.1) is 0 Å². The number of hydrogen-bond acceptors (Lipinski definition) is 4. The Hall–Kier alpha value is -1.83. The molecule has 0 bridgehead atoms. The smallest absolute Gasteiger partial charge is 0.319 e. The number of likely N-dealkylation sites (tertiary alicyclic amines) is 1. The van der Waals surface area contributed by atoms with Crippen LogP contribution in [0.25, 0.3) is 0 Å². The number of piperidine rings is 1. The standard InChI is InChI=1S/C21H33N5O2.ClH/c1-17-4-6-19(7-5-17)24-21(28)23-15-18-3-2-11-25(16-18)12-8-20(27)26-13-9-22-10-14-26;/h4-7,18,22H,2-3,8-16H2,1H3,(H2,23,24,28);1H. The van der Waals surface area contributed by atoms with E-state index >= 15 is 0 Å². The molecular weight excluding hydrogens is 390 g/mol. The molecule has 2 saturated heterocycles. The highest BCUT2D eigenvalue weighted by Gasteiger charge is 2.22. The summed E-state index contributed by atoms with van der Waals surface area (Å²) in [6.45, 7) is 8.93. The lowest BCUT2D eigenvalue weighted by Gasteiger charge is -2.33. The summed E-state index contributed by atoms with van der Waals surface area (Å²) < 4.78 is 0. The van der Waals surface area contributed by atoms with Crippen LogP contribution in [0.1, 0.15) is 24.8 Å². The SMILES string of the molecule is Cc1ccc(NC(=O)NCC2CCCN(CCC(=O)N3CCNCC3)C2)cc1.Cl. The summed E-state index contributed by atoms with van der Waals surface area (Å²) in [5.41, 5.74) is 1.98. The number of carbonyl (C=O) groups is 2. The van der Waals surface area contributed by atoms with Crippen LogP contribution in [0.5, 0.6) is 0 Å². The van der Waals surface area contributed by atoms with Crippen molar-refractivity contribution in [3.63, 3.8) is 0 Å². The first-order valence-electron chi connectivity index (χ1n) is 10.4. The summed E-state index contributed by atoms with van der Waals surface area (Å²) in [7, 11) is 0. The molecule has 1 unspecified atom stereocenters. The molecule has 3 rings (SSSR count). The van der Waals surface area contributed by atoms with Gasteiger partial charge in [0.25, 0.3) is 0 Å². The number of benzene rings is 1. The fourth-order valence-electron chi connectivity index (χ4n) is 3.90. The van der Waals surface area contributed by atoms with Gasteiger partial charge in [-0.2, -0.15) is 0 Å². The van der Waals surface area contributed by atoms with Crippen molar-refractivity contribution in [3.05, 3.63) is 29.8 Å². The molecule has 0 radical (unpaired) electrons. The Morgan fingerprint density at radius 3 is 2.59 bits per heavy atom. The largest absolute Gasteiger partial charge is 0.340 e. The van der Waals surface area contributed by atoms with Gasteiger partial charge in [-0.25, -0.2) is 4.79 Å². The molecule has 1 atom stereocenters. The van der Waals surface area contributed by atoms with E-state index in [1.165, 1.54) is 5.56 Å². The first-order chi connectivity index (χ1) is 13.6. The van der Waals surface area contributed by atoms with Crippen LogP contribution >= 0.6 is 12.4 Å². The minimum absolute atomic E-state index is 0. The molecule has 2 heterocycles. The van der Waals surface area contributed by atoms with E-state index in [-0.39, 0.29) is 24.3 Å². The number of urea groups is 1. The normalized spacial score (nSPS) is 19.9. The second kappa shape index (κ2) is 12.0. The zero-order chi connectivity index (χ0) is 19.8.